The molecule has 368 valence electrons. The minimum Gasteiger partial charge on any atom is -0.387 e. The molecule has 0 aliphatic carbocycles. The Kier molecular flexibility index (Phi) is 44.1. The summed E-state index contributed by atoms with van der Waals surface area (Å²) in [7, 11) is 1.54. The third kappa shape index (κ3) is 48.0. The molecule has 3 atom stereocenters. The van der Waals surface area contributed by atoms with Gasteiger partial charge in [0.05, 0.1) is 39.9 Å². The highest BCUT2D eigenvalue weighted by atomic mass is 31.2. The van der Waals surface area contributed by atoms with Gasteiger partial charge in [-0.15, -0.1) is 0 Å². The highest BCUT2D eigenvalue weighted by molar-refractivity contribution is 7.47. The predicted octanol–water partition coefficient (Wildman–Crippen LogP) is 15.4. The Morgan fingerprint density at radius 3 is 1.40 bits per heavy atom. The van der Waals surface area contributed by atoms with Gasteiger partial charge >= 0.3 is 7.82 Å². The van der Waals surface area contributed by atoms with Crippen molar-refractivity contribution in [2.45, 2.75) is 238 Å². The average Bonchev–Trinajstić information content (AvgIpc) is 3.24. The maximum absolute atomic E-state index is 12.9. The third-order valence-electron chi connectivity index (χ3n) is 11.5. The van der Waals surface area contributed by atoms with Crippen molar-refractivity contribution in [3.05, 3.63) is 60.8 Å². The van der Waals surface area contributed by atoms with Crippen molar-refractivity contribution >= 4 is 13.7 Å². The number of hydrogen-bond donors (Lipinski definition) is 3. The molecule has 0 aromatic carbocycles. The Morgan fingerprint density at radius 1 is 0.556 bits per heavy atom. The van der Waals surface area contributed by atoms with Crippen LogP contribution in [0.4, 0.5) is 0 Å². The van der Waals surface area contributed by atoms with Gasteiger partial charge in [0.1, 0.15) is 13.2 Å². The smallest absolute Gasteiger partial charge is 0.387 e. The molecule has 0 fully saturated rings. The summed E-state index contributed by atoms with van der Waals surface area (Å²) in [6.07, 6.45) is 60.4. The molecule has 0 aromatic heterocycles. The number of unbranched alkanes of at least 4 members (excludes halogenated alkanes) is 26. The number of aliphatic hydroxyl groups excluding tert-OH is 1. The van der Waals surface area contributed by atoms with Crippen molar-refractivity contribution in [3.63, 3.8) is 0 Å². The first-order valence-corrected chi connectivity index (χ1v) is 27.7. The van der Waals surface area contributed by atoms with Gasteiger partial charge in [-0.3, -0.25) is 13.8 Å². The van der Waals surface area contributed by atoms with E-state index in [0.717, 1.165) is 57.8 Å². The summed E-state index contributed by atoms with van der Waals surface area (Å²) in [5, 5.41) is 13.9. The Balaban J connectivity index is 4.27. The molecule has 1 amide bonds. The summed E-state index contributed by atoms with van der Waals surface area (Å²) in [6.45, 7) is 4.67. The molecule has 0 bridgehead atoms. The molecular weight excluding hydrogens is 804 g/mol. The van der Waals surface area contributed by atoms with Gasteiger partial charge in [-0.1, -0.05) is 222 Å². The SMILES string of the molecule is CC/C=C\C/C=C\C/C=C\C/C=C\CCCCC(=O)NC(COP(=O)(O)OCC[N+](C)(C)C)C(O)/C=C/CCCCCCCCCCCCCCCCCCCCCCCCCC. The topological polar surface area (TPSA) is 105 Å². The summed E-state index contributed by atoms with van der Waals surface area (Å²) in [6, 6.07) is -0.871. The summed E-state index contributed by atoms with van der Waals surface area (Å²) < 4.78 is 23.6. The number of carbonyl (C=O) groups excluding carboxylic acids is 1. The predicted molar refractivity (Wildman–Crippen MR) is 272 cm³/mol. The molecule has 0 spiro atoms. The molecule has 9 heteroatoms. The number of rotatable bonds is 47. The zero-order valence-corrected chi connectivity index (χ0v) is 42.7. The van der Waals surface area contributed by atoms with Crippen LogP contribution in [0.1, 0.15) is 226 Å². The number of likely N-dealkylation sites (N-methyl/N-ethyl adjacent to an activating group) is 1. The quantitative estimate of drug-likeness (QED) is 0.0243. The highest BCUT2D eigenvalue weighted by Crippen LogP contribution is 2.43. The van der Waals surface area contributed by atoms with E-state index in [9.17, 15) is 19.4 Å². The monoisotopic (exact) mass is 906 g/mol. The van der Waals surface area contributed by atoms with E-state index in [-0.39, 0.29) is 19.1 Å². The van der Waals surface area contributed by atoms with Gasteiger partial charge in [-0.25, -0.2) is 4.57 Å². The lowest BCUT2D eigenvalue weighted by molar-refractivity contribution is -0.870. The Morgan fingerprint density at radius 2 is 0.952 bits per heavy atom. The molecule has 3 N–H and O–H groups in total. The van der Waals surface area contributed by atoms with E-state index >= 15 is 0 Å². The zero-order valence-electron chi connectivity index (χ0n) is 41.8. The summed E-state index contributed by atoms with van der Waals surface area (Å²) >= 11 is 0. The van der Waals surface area contributed by atoms with E-state index < -0.39 is 20.0 Å². The number of amides is 1. The second kappa shape index (κ2) is 45.4. The lowest BCUT2D eigenvalue weighted by atomic mass is 10.0. The third-order valence-corrected chi connectivity index (χ3v) is 12.5. The van der Waals surface area contributed by atoms with Crippen molar-refractivity contribution in [3.8, 4) is 0 Å². The molecule has 63 heavy (non-hydrogen) atoms. The molecule has 0 heterocycles. The summed E-state index contributed by atoms with van der Waals surface area (Å²) in [5.41, 5.74) is 0. The first-order chi connectivity index (χ1) is 30.5. The number of hydrogen-bond acceptors (Lipinski definition) is 5. The van der Waals surface area contributed by atoms with Crippen molar-refractivity contribution in [1.82, 2.24) is 5.32 Å². The number of phosphoric ester groups is 1. The lowest BCUT2D eigenvalue weighted by Gasteiger charge is -2.25. The number of carbonyl (C=O) groups is 1. The molecule has 8 nitrogen and oxygen atoms in total. The van der Waals surface area contributed by atoms with E-state index in [2.05, 4.69) is 67.8 Å². The van der Waals surface area contributed by atoms with Crippen LogP contribution >= 0.6 is 7.82 Å². The van der Waals surface area contributed by atoms with Gasteiger partial charge < -0.3 is 19.8 Å². The van der Waals surface area contributed by atoms with Crippen LogP contribution in [0.5, 0.6) is 0 Å². The van der Waals surface area contributed by atoms with E-state index in [1.54, 1.807) is 6.08 Å². The first kappa shape index (κ1) is 61.2. The standard InChI is InChI=1S/C54H101N2O6P/c1-6-8-10-12-14-16-18-20-22-23-24-25-26-27-28-29-30-31-32-34-35-37-39-41-43-45-47-53(57)52(51-62-63(59,60)61-50-49-56(3,4)5)55-54(58)48-46-44-42-40-38-36-33-21-19-17-15-13-11-9-7-2/h9,11,15,17,21,33,38,40,45,47,52-53,57H,6-8,10,12-14,16,18-20,22-32,34-37,39,41-44,46,48-51H2,1-5H3,(H-,55,58,59,60)/p+1/b11-9-,17-15-,33-21-,40-38-,47-45+. The highest BCUT2D eigenvalue weighted by Gasteiger charge is 2.27. The lowest BCUT2D eigenvalue weighted by Crippen LogP contribution is -2.45. The summed E-state index contributed by atoms with van der Waals surface area (Å²) in [5.74, 6) is -0.218. The molecule has 0 saturated carbocycles. The van der Waals surface area contributed by atoms with Crippen LogP contribution in [0.25, 0.3) is 0 Å². The number of nitrogens with zero attached hydrogens (tertiary/aromatic N) is 1. The van der Waals surface area contributed by atoms with E-state index in [4.69, 9.17) is 9.05 Å². The van der Waals surface area contributed by atoms with Crippen LogP contribution in [-0.4, -0.2) is 73.4 Å². The normalized spacial score (nSPS) is 14.6. The van der Waals surface area contributed by atoms with Gasteiger partial charge in [0.15, 0.2) is 0 Å². The molecule has 0 radical (unpaired) electrons. The molecule has 0 aromatic rings. The minimum absolute atomic E-state index is 0.0512. The van der Waals surface area contributed by atoms with Crippen molar-refractivity contribution in [2.75, 3.05) is 40.9 Å². The van der Waals surface area contributed by atoms with Crippen LogP contribution in [0.2, 0.25) is 0 Å². The minimum atomic E-state index is -4.36. The summed E-state index contributed by atoms with van der Waals surface area (Å²) in [4.78, 5) is 23.2. The van der Waals surface area contributed by atoms with Crippen LogP contribution in [0.15, 0.2) is 60.8 Å². The van der Waals surface area contributed by atoms with Gasteiger partial charge in [-0.2, -0.15) is 0 Å². The van der Waals surface area contributed by atoms with E-state index in [1.807, 2.05) is 27.2 Å². The molecule has 0 aliphatic heterocycles. The molecule has 0 rings (SSSR count). The number of nitrogens with one attached hydrogen (secondary N) is 1. The van der Waals surface area contributed by atoms with E-state index in [0.29, 0.717) is 23.9 Å². The molecule has 0 saturated heterocycles. The fourth-order valence-corrected chi connectivity index (χ4v) is 8.12. The van der Waals surface area contributed by atoms with Gasteiger partial charge in [-0.05, 0) is 57.8 Å². The number of quaternary nitrogens is 1. The average molecular weight is 906 g/mol. The second-order valence-electron chi connectivity index (χ2n) is 18.9. The fraction of sp³-hybridized carbons (Fsp3) is 0.796. The van der Waals surface area contributed by atoms with Gasteiger partial charge in [0.25, 0.3) is 0 Å². The maximum atomic E-state index is 12.9. The Hall–Kier alpha value is -1.80. The zero-order chi connectivity index (χ0) is 46.4. The van der Waals surface area contributed by atoms with Crippen molar-refractivity contribution < 1.29 is 32.9 Å². The maximum Gasteiger partial charge on any atom is 0.472 e. The number of phosphoric acid groups is 1. The Bertz CT molecular complexity index is 1210. The van der Waals surface area contributed by atoms with Gasteiger partial charge in [0, 0.05) is 6.42 Å². The molecule has 0 aliphatic rings. The second-order valence-corrected chi connectivity index (χ2v) is 20.3. The molecule has 3 unspecified atom stereocenters. The Labute approximate surface area is 390 Å². The largest absolute Gasteiger partial charge is 0.472 e. The van der Waals surface area contributed by atoms with Crippen molar-refractivity contribution in [2.24, 2.45) is 0 Å². The van der Waals surface area contributed by atoms with Crippen LogP contribution in [0, 0.1) is 0 Å². The van der Waals surface area contributed by atoms with Crippen LogP contribution < -0.4 is 5.32 Å². The fourth-order valence-electron chi connectivity index (χ4n) is 7.39. The van der Waals surface area contributed by atoms with Crippen molar-refractivity contribution in [1.29, 1.82) is 0 Å². The van der Waals surface area contributed by atoms with E-state index in [1.165, 1.54) is 141 Å². The van der Waals surface area contributed by atoms with Gasteiger partial charge in [0.2, 0.25) is 5.91 Å². The number of allylic oxidation sites excluding steroid dienone is 9. The number of aliphatic hydroxyl groups is 1. The molecular formula is C54H102N2O6P+. The van der Waals surface area contributed by atoms with Crippen LogP contribution in [0.3, 0.4) is 0 Å². The first-order valence-electron chi connectivity index (χ1n) is 26.2. The van der Waals surface area contributed by atoms with Crippen LogP contribution in [-0.2, 0) is 18.4 Å².